The summed E-state index contributed by atoms with van der Waals surface area (Å²) in [5.74, 6) is 0.206. The minimum atomic E-state index is -0.00150. The summed E-state index contributed by atoms with van der Waals surface area (Å²) in [6.07, 6.45) is 1.47. The number of ether oxygens (including phenoxy) is 1. The number of halogens is 2. The smallest absolute Gasteiger partial charge is 0.138 e. The first-order chi connectivity index (χ1) is 7.60. The van der Waals surface area contributed by atoms with E-state index in [-0.39, 0.29) is 28.6 Å². The fraction of sp³-hybridized carbons (Fsp3) is 0.200. The molecule has 0 amide bonds. The Bertz CT molecular complexity index is 425. The minimum absolute atomic E-state index is 0.00150. The summed E-state index contributed by atoms with van der Waals surface area (Å²) in [6, 6.07) is 1.61. The molecule has 1 aromatic rings. The van der Waals surface area contributed by atoms with Gasteiger partial charge in [0.15, 0.2) is 0 Å². The third-order valence-corrected chi connectivity index (χ3v) is 2.66. The molecule has 0 aliphatic heterocycles. The minimum Gasteiger partial charge on any atom is -0.492 e. The van der Waals surface area contributed by atoms with Gasteiger partial charge in [-0.05, 0) is 28.9 Å². The van der Waals surface area contributed by atoms with E-state index in [4.69, 9.17) is 10.1 Å². The maximum atomic E-state index is 12.6. The van der Waals surface area contributed by atoms with E-state index in [1.54, 1.807) is 13.0 Å². The first-order valence-corrected chi connectivity index (χ1v) is 5.96. The van der Waals surface area contributed by atoms with Gasteiger partial charge in [-0.2, -0.15) is 3.89 Å². The third-order valence-electron chi connectivity index (χ3n) is 1.76. The molecule has 86 valence electrons. The average Bonchev–Trinajstić information content (AvgIpc) is 2.28. The van der Waals surface area contributed by atoms with Crippen molar-refractivity contribution in [2.45, 2.75) is 11.9 Å². The average molecular weight is 305 g/mol. The summed E-state index contributed by atoms with van der Waals surface area (Å²) in [6.45, 7) is 5.82. The molecule has 6 heteroatoms. The number of hydrogen-bond acceptors (Lipinski definition) is 4. The summed E-state index contributed by atoms with van der Waals surface area (Å²) in [7, 11) is 0. The van der Waals surface area contributed by atoms with Crippen molar-refractivity contribution < 1.29 is 8.62 Å². The van der Waals surface area contributed by atoms with Crippen LogP contribution in [-0.4, -0.2) is 17.3 Å². The van der Waals surface area contributed by atoms with Crippen LogP contribution in [0, 0.1) is 5.41 Å². The Kier molecular flexibility index (Phi) is 4.95. The highest BCUT2D eigenvalue weighted by Crippen LogP contribution is 2.25. The highest BCUT2D eigenvalue weighted by Gasteiger charge is 2.14. The molecule has 16 heavy (non-hydrogen) atoms. The number of aromatic nitrogens is 1. The van der Waals surface area contributed by atoms with Crippen molar-refractivity contribution in [2.24, 2.45) is 0 Å². The molecule has 0 fully saturated rings. The lowest BCUT2D eigenvalue weighted by atomic mass is 10.1. The van der Waals surface area contributed by atoms with Crippen molar-refractivity contribution in [3.63, 3.8) is 0 Å². The predicted molar refractivity (Wildman–Crippen MR) is 66.5 cm³/mol. The van der Waals surface area contributed by atoms with Crippen LogP contribution in [0.4, 0.5) is 3.89 Å². The van der Waals surface area contributed by atoms with Crippen molar-refractivity contribution in [1.29, 1.82) is 5.41 Å². The van der Waals surface area contributed by atoms with Crippen LogP contribution in [0.2, 0.25) is 0 Å². The van der Waals surface area contributed by atoms with E-state index in [0.29, 0.717) is 16.6 Å². The third kappa shape index (κ3) is 3.05. The summed E-state index contributed by atoms with van der Waals surface area (Å²) < 4.78 is 18.4. The molecule has 0 aromatic carbocycles. The van der Waals surface area contributed by atoms with Gasteiger partial charge >= 0.3 is 0 Å². The highest BCUT2D eigenvalue weighted by atomic mass is 79.9. The standard InChI is InChI=1S/C10H10BrFN2OS/c1-3-15-6(2)9(13)8-4-7(11)5-14-10(8)16-12/h4-5,13H,2-3H2,1H3. The fourth-order valence-electron chi connectivity index (χ4n) is 1.06. The molecule has 1 heterocycles. The fourth-order valence-corrected chi connectivity index (χ4v) is 1.73. The van der Waals surface area contributed by atoms with Gasteiger partial charge in [-0.15, -0.1) is 0 Å². The van der Waals surface area contributed by atoms with Gasteiger partial charge in [0.1, 0.15) is 28.6 Å². The first kappa shape index (κ1) is 13.2. The number of rotatable bonds is 5. The topological polar surface area (TPSA) is 46.0 Å². The van der Waals surface area contributed by atoms with E-state index < -0.39 is 0 Å². The highest BCUT2D eigenvalue weighted by molar-refractivity contribution is 9.10. The molecular formula is C10H10BrFN2OS. The molecule has 3 nitrogen and oxygen atoms in total. The number of hydrogen-bond donors (Lipinski definition) is 1. The zero-order valence-corrected chi connectivity index (χ0v) is 11.0. The molecule has 0 spiro atoms. The molecule has 0 aliphatic carbocycles. The number of nitrogens with zero attached hydrogens (tertiary/aromatic N) is 1. The van der Waals surface area contributed by atoms with Crippen LogP contribution in [0.5, 0.6) is 0 Å². The van der Waals surface area contributed by atoms with Gasteiger partial charge in [0.2, 0.25) is 0 Å². The second kappa shape index (κ2) is 6.00. The van der Waals surface area contributed by atoms with E-state index in [1.165, 1.54) is 6.20 Å². The molecule has 0 aliphatic rings. The van der Waals surface area contributed by atoms with E-state index >= 15 is 0 Å². The second-order valence-electron chi connectivity index (χ2n) is 2.81. The molecule has 1 aromatic heterocycles. The molecular weight excluding hydrogens is 295 g/mol. The van der Waals surface area contributed by atoms with E-state index in [1.807, 2.05) is 0 Å². The second-order valence-corrected chi connectivity index (χ2v) is 4.27. The van der Waals surface area contributed by atoms with E-state index in [9.17, 15) is 3.89 Å². The maximum Gasteiger partial charge on any atom is 0.138 e. The summed E-state index contributed by atoms with van der Waals surface area (Å²) in [5, 5.41) is 7.95. The van der Waals surface area contributed by atoms with Crippen molar-refractivity contribution >= 4 is 33.8 Å². The zero-order valence-electron chi connectivity index (χ0n) is 8.59. The van der Waals surface area contributed by atoms with Crippen LogP contribution in [0.15, 0.2) is 34.1 Å². The molecule has 1 rings (SSSR count). The van der Waals surface area contributed by atoms with Gasteiger partial charge < -0.3 is 4.74 Å². The normalized spacial score (nSPS) is 9.94. The molecule has 1 N–H and O–H groups in total. The Balaban J connectivity index is 3.06. The van der Waals surface area contributed by atoms with Crippen molar-refractivity contribution in [3.05, 3.63) is 34.6 Å². The van der Waals surface area contributed by atoms with Gasteiger partial charge in [0.05, 0.1) is 6.61 Å². The van der Waals surface area contributed by atoms with Crippen LogP contribution < -0.4 is 0 Å². The molecule has 0 radical (unpaired) electrons. The molecule has 0 bridgehead atoms. The van der Waals surface area contributed by atoms with Gasteiger partial charge in [-0.3, -0.25) is 5.41 Å². The van der Waals surface area contributed by atoms with Crippen LogP contribution in [0.25, 0.3) is 0 Å². The maximum absolute atomic E-state index is 12.6. The predicted octanol–water partition coefficient (Wildman–Crippen LogP) is 3.74. The van der Waals surface area contributed by atoms with Gasteiger partial charge in [0.25, 0.3) is 0 Å². The van der Waals surface area contributed by atoms with E-state index in [2.05, 4.69) is 27.5 Å². The molecule has 0 unspecified atom stereocenters. The van der Waals surface area contributed by atoms with Crippen LogP contribution >= 0.6 is 28.1 Å². The van der Waals surface area contributed by atoms with Crippen LogP contribution in [0.1, 0.15) is 12.5 Å². The Morgan fingerprint density at radius 2 is 2.44 bits per heavy atom. The Hall–Kier alpha value is -0.880. The van der Waals surface area contributed by atoms with Crippen molar-refractivity contribution in [2.75, 3.05) is 6.61 Å². The van der Waals surface area contributed by atoms with Crippen molar-refractivity contribution in [3.8, 4) is 0 Å². The van der Waals surface area contributed by atoms with Gasteiger partial charge in [0, 0.05) is 16.2 Å². The number of allylic oxidation sites excluding steroid dienone is 1. The monoisotopic (exact) mass is 304 g/mol. The first-order valence-electron chi connectivity index (χ1n) is 4.45. The SMILES string of the molecule is C=C(OCC)C(=N)c1cc(Br)cnc1SF. The number of nitrogens with one attached hydrogen (secondary N) is 1. The Morgan fingerprint density at radius 3 is 3.00 bits per heavy atom. The van der Waals surface area contributed by atoms with E-state index in [0.717, 1.165) is 0 Å². The molecule has 0 atom stereocenters. The largest absolute Gasteiger partial charge is 0.492 e. The quantitative estimate of drug-likeness (QED) is 0.666. The lowest BCUT2D eigenvalue weighted by Crippen LogP contribution is -2.08. The van der Waals surface area contributed by atoms with Gasteiger partial charge in [-0.1, -0.05) is 6.58 Å². The van der Waals surface area contributed by atoms with Crippen molar-refractivity contribution in [1.82, 2.24) is 4.98 Å². The Morgan fingerprint density at radius 1 is 1.75 bits per heavy atom. The van der Waals surface area contributed by atoms with Crippen LogP contribution in [-0.2, 0) is 4.74 Å². The molecule has 0 saturated carbocycles. The zero-order chi connectivity index (χ0) is 12.1. The summed E-state index contributed by atoms with van der Waals surface area (Å²) in [5.41, 5.74) is 0.399. The summed E-state index contributed by atoms with van der Waals surface area (Å²) >= 11 is 3.22. The van der Waals surface area contributed by atoms with Crippen LogP contribution in [0.3, 0.4) is 0 Å². The summed E-state index contributed by atoms with van der Waals surface area (Å²) in [4.78, 5) is 3.86. The van der Waals surface area contributed by atoms with Gasteiger partial charge in [-0.25, -0.2) is 4.98 Å². The molecule has 0 saturated heterocycles. The lowest BCUT2D eigenvalue weighted by molar-refractivity contribution is 0.251. The lowest BCUT2D eigenvalue weighted by Gasteiger charge is -2.10. The Labute approximate surface area is 106 Å². The number of pyridine rings is 1.